The van der Waals surface area contributed by atoms with Crippen molar-refractivity contribution < 1.29 is 14.0 Å². The molecule has 2 unspecified atom stereocenters. The number of rotatable bonds is 5. The molecule has 1 aliphatic rings. The second-order valence-corrected chi connectivity index (χ2v) is 6.18. The molecular weight excluding hydrogens is 280 g/mol. The van der Waals surface area contributed by atoms with Gasteiger partial charge in [-0.15, -0.1) is 0 Å². The molecule has 5 heteroatoms. The molecule has 1 saturated heterocycles. The molecule has 2 atom stereocenters. The molecule has 0 spiro atoms. The maximum atomic E-state index is 10.4. The van der Waals surface area contributed by atoms with Crippen LogP contribution in [0.15, 0.2) is 33.4 Å². The average Bonchev–Trinajstić information content (AvgIpc) is 3.12. The summed E-state index contributed by atoms with van der Waals surface area (Å²) in [6, 6.07) is 5.99. The van der Waals surface area contributed by atoms with Crippen LogP contribution in [0.5, 0.6) is 0 Å². The van der Waals surface area contributed by atoms with Crippen molar-refractivity contribution in [3.05, 3.63) is 41.7 Å². The van der Waals surface area contributed by atoms with Gasteiger partial charge in [-0.25, -0.2) is 0 Å². The van der Waals surface area contributed by atoms with Crippen LogP contribution in [-0.4, -0.2) is 27.7 Å². The number of hydrogen-bond acceptors (Lipinski definition) is 5. The molecule has 1 aliphatic heterocycles. The van der Waals surface area contributed by atoms with Gasteiger partial charge in [-0.1, -0.05) is 18.0 Å². The Bertz CT molecular complexity index is 564. The van der Waals surface area contributed by atoms with Gasteiger partial charge in [-0.05, 0) is 44.9 Å². The lowest BCUT2D eigenvalue weighted by Crippen LogP contribution is -2.35. The number of aliphatic hydroxyl groups is 1. The molecule has 22 heavy (non-hydrogen) atoms. The third-order valence-corrected chi connectivity index (χ3v) is 4.40. The molecule has 2 aromatic rings. The molecule has 1 N–H and O–H groups in total. The van der Waals surface area contributed by atoms with E-state index in [4.69, 9.17) is 8.94 Å². The topological polar surface area (TPSA) is 62.6 Å². The van der Waals surface area contributed by atoms with Crippen molar-refractivity contribution in [2.24, 2.45) is 0 Å². The summed E-state index contributed by atoms with van der Waals surface area (Å²) in [5, 5.41) is 14.4. The van der Waals surface area contributed by atoms with Crippen LogP contribution in [0, 0.1) is 6.92 Å². The van der Waals surface area contributed by atoms with Gasteiger partial charge in [0.25, 0.3) is 0 Å². The Morgan fingerprint density at radius 2 is 2.32 bits per heavy atom. The number of aromatic nitrogens is 1. The first-order valence-electron chi connectivity index (χ1n) is 8.10. The van der Waals surface area contributed by atoms with Crippen LogP contribution in [0.25, 0.3) is 0 Å². The van der Waals surface area contributed by atoms with E-state index in [1.165, 1.54) is 19.3 Å². The summed E-state index contributed by atoms with van der Waals surface area (Å²) in [4.78, 5) is 2.42. The first kappa shape index (κ1) is 15.3. The molecule has 0 radical (unpaired) electrons. The van der Waals surface area contributed by atoms with Crippen LogP contribution in [-0.2, 0) is 6.54 Å². The molecule has 3 rings (SSSR count). The number of furan rings is 1. The minimum absolute atomic E-state index is 0.341. The third-order valence-electron chi connectivity index (χ3n) is 4.40. The van der Waals surface area contributed by atoms with Gasteiger partial charge in [0.1, 0.15) is 11.9 Å². The van der Waals surface area contributed by atoms with E-state index in [9.17, 15) is 5.11 Å². The van der Waals surface area contributed by atoms with Gasteiger partial charge < -0.3 is 14.0 Å². The summed E-state index contributed by atoms with van der Waals surface area (Å²) in [6.45, 7) is 3.74. The second-order valence-electron chi connectivity index (χ2n) is 6.18. The second kappa shape index (κ2) is 7.11. The highest BCUT2D eigenvalue weighted by molar-refractivity contribution is 5.05. The van der Waals surface area contributed by atoms with E-state index in [1.807, 2.05) is 25.1 Å². The lowest BCUT2D eigenvalue weighted by atomic mass is 10.0. The van der Waals surface area contributed by atoms with E-state index < -0.39 is 6.10 Å². The standard InChI is InChI=1S/C17H24N2O3/c1-13-10-15(22-18-13)12-19-8-4-2-3-6-14(19)11-16(20)17-7-5-9-21-17/h5,7,9-10,14,16,20H,2-4,6,8,11-12H2,1H3. The Labute approximate surface area is 130 Å². The third kappa shape index (κ3) is 3.78. The fourth-order valence-electron chi connectivity index (χ4n) is 3.26. The van der Waals surface area contributed by atoms with E-state index in [0.29, 0.717) is 18.2 Å². The predicted molar refractivity (Wildman–Crippen MR) is 82.2 cm³/mol. The van der Waals surface area contributed by atoms with Crippen molar-refractivity contribution in [1.29, 1.82) is 0 Å². The first-order chi connectivity index (χ1) is 10.7. The van der Waals surface area contributed by atoms with Crippen LogP contribution in [0.1, 0.15) is 55.4 Å². The molecule has 0 amide bonds. The zero-order valence-corrected chi connectivity index (χ0v) is 13.1. The minimum Gasteiger partial charge on any atom is -0.467 e. The quantitative estimate of drug-likeness (QED) is 0.916. The fourth-order valence-corrected chi connectivity index (χ4v) is 3.26. The summed E-state index contributed by atoms with van der Waals surface area (Å²) >= 11 is 0. The number of aryl methyl sites for hydroxylation is 1. The number of hydrogen-bond donors (Lipinski definition) is 1. The first-order valence-corrected chi connectivity index (χ1v) is 8.10. The Hall–Kier alpha value is -1.59. The van der Waals surface area contributed by atoms with Crippen molar-refractivity contribution >= 4 is 0 Å². The largest absolute Gasteiger partial charge is 0.467 e. The van der Waals surface area contributed by atoms with Gasteiger partial charge in [0.05, 0.1) is 18.5 Å². The highest BCUT2D eigenvalue weighted by atomic mass is 16.5. The minimum atomic E-state index is -0.544. The zero-order chi connectivity index (χ0) is 15.4. The lowest BCUT2D eigenvalue weighted by Gasteiger charge is -2.30. The fraction of sp³-hybridized carbons (Fsp3) is 0.588. The van der Waals surface area contributed by atoms with Gasteiger partial charge in [0, 0.05) is 12.1 Å². The van der Waals surface area contributed by atoms with Crippen LogP contribution in [0.3, 0.4) is 0 Å². The summed E-state index contributed by atoms with van der Waals surface area (Å²) < 4.78 is 10.7. The Morgan fingerprint density at radius 3 is 3.05 bits per heavy atom. The van der Waals surface area contributed by atoms with Crippen molar-refractivity contribution in [3.63, 3.8) is 0 Å². The van der Waals surface area contributed by atoms with E-state index in [2.05, 4.69) is 10.1 Å². The Morgan fingerprint density at radius 1 is 1.41 bits per heavy atom. The molecule has 0 bridgehead atoms. The molecule has 5 nitrogen and oxygen atoms in total. The summed E-state index contributed by atoms with van der Waals surface area (Å²) in [5.74, 6) is 1.55. The highest BCUT2D eigenvalue weighted by Gasteiger charge is 2.26. The van der Waals surface area contributed by atoms with Gasteiger partial charge in [0.2, 0.25) is 0 Å². The van der Waals surface area contributed by atoms with E-state index in [-0.39, 0.29) is 0 Å². The van der Waals surface area contributed by atoms with Crippen molar-refractivity contribution in [2.45, 2.75) is 57.7 Å². The lowest BCUT2D eigenvalue weighted by molar-refractivity contribution is 0.0788. The van der Waals surface area contributed by atoms with Crippen molar-refractivity contribution in [2.75, 3.05) is 6.54 Å². The summed E-state index contributed by atoms with van der Waals surface area (Å²) in [7, 11) is 0. The van der Waals surface area contributed by atoms with E-state index in [1.54, 1.807) is 6.26 Å². The zero-order valence-electron chi connectivity index (χ0n) is 13.1. The molecule has 2 aromatic heterocycles. The number of nitrogens with zero attached hydrogens (tertiary/aromatic N) is 2. The van der Waals surface area contributed by atoms with Crippen LogP contribution in [0.2, 0.25) is 0 Å². The summed E-state index contributed by atoms with van der Waals surface area (Å²) in [6.07, 6.45) is 6.52. The van der Waals surface area contributed by atoms with Crippen LogP contribution >= 0.6 is 0 Å². The van der Waals surface area contributed by atoms with Gasteiger partial charge >= 0.3 is 0 Å². The van der Waals surface area contributed by atoms with Crippen molar-refractivity contribution in [1.82, 2.24) is 10.1 Å². The maximum absolute atomic E-state index is 10.4. The average molecular weight is 304 g/mol. The van der Waals surface area contributed by atoms with E-state index in [0.717, 1.165) is 31.0 Å². The highest BCUT2D eigenvalue weighted by Crippen LogP contribution is 2.27. The smallest absolute Gasteiger partial charge is 0.150 e. The predicted octanol–water partition coefficient (Wildman–Crippen LogP) is 3.44. The Balaban J connectivity index is 1.67. The molecular formula is C17H24N2O3. The van der Waals surface area contributed by atoms with E-state index >= 15 is 0 Å². The molecule has 3 heterocycles. The van der Waals surface area contributed by atoms with Gasteiger partial charge in [-0.2, -0.15) is 0 Å². The molecule has 120 valence electrons. The Kier molecular flexibility index (Phi) is 4.95. The monoisotopic (exact) mass is 304 g/mol. The van der Waals surface area contributed by atoms with Crippen LogP contribution in [0.4, 0.5) is 0 Å². The number of likely N-dealkylation sites (tertiary alicyclic amines) is 1. The van der Waals surface area contributed by atoms with Gasteiger partial charge in [-0.3, -0.25) is 4.90 Å². The SMILES string of the molecule is Cc1cc(CN2CCCCCC2CC(O)c2ccco2)on1. The normalized spacial score (nSPS) is 21.6. The van der Waals surface area contributed by atoms with Crippen LogP contribution < -0.4 is 0 Å². The molecule has 1 fully saturated rings. The molecule has 0 aliphatic carbocycles. The number of aliphatic hydroxyl groups excluding tert-OH is 1. The molecule has 0 saturated carbocycles. The molecule has 0 aromatic carbocycles. The van der Waals surface area contributed by atoms with Crippen molar-refractivity contribution in [3.8, 4) is 0 Å². The van der Waals surface area contributed by atoms with Gasteiger partial charge in [0.15, 0.2) is 5.76 Å². The summed E-state index contributed by atoms with van der Waals surface area (Å²) in [5.41, 5.74) is 0.914. The maximum Gasteiger partial charge on any atom is 0.150 e.